The number of hydrogen-bond acceptors (Lipinski definition) is 5. The lowest BCUT2D eigenvalue weighted by Gasteiger charge is -2.55. The Morgan fingerprint density at radius 1 is 1.03 bits per heavy atom. The van der Waals surface area contributed by atoms with Crippen molar-refractivity contribution in [2.45, 2.75) is 44.4 Å². The van der Waals surface area contributed by atoms with Gasteiger partial charge in [-0.3, -0.25) is 0 Å². The van der Waals surface area contributed by atoms with E-state index < -0.39 is 0 Å². The molecule has 0 radical (unpaired) electrons. The number of hydrogen-bond donors (Lipinski definition) is 0. The molecular weight excluding hydrogens is 394 g/mol. The van der Waals surface area contributed by atoms with E-state index in [1.165, 1.54) is 7.11 Å². The predicted molar refractivity (Wildman–Crippen MR) is 116 cm³/mol. The van der Waals surface area contributed by atoms with Gasteiger partial charge in [0.05, 0.1) is 24.8 Å². The van der Waals surface area contributed by atoms with Gasteiger partial charge in [-0.25, -0.2) is 9.59 Å². The molecule has 31 heavy (non-hydrogen) atoms. The van der Waals surface area contributed by atoms with Crippen molar-refractivity contribution in [2.75, 3.05) is 20.8 Å². The molecule has 1 saturated heterocycles. The van der Waals surface area contributed by atoms with Crippen LogP contribution in [0.2, 0.25) is 0 Å². The Balaban J connectivity index is 1.54. The molecular formula is C25H29NO5. The molecule has 4 rings (SSSR count). The van der Waals surface area contributed by atoms with Gasteiger partial charge in [0.15, 0.2) is 0 Å². The largest absolute Gasteiger partial charge is 0.465 e. The zero-order valence-electron chi connectivity index (χ0n) is 18.1. The van der Waals surface area contributed by atoms with Crippen molar-refractivity contribution in [1.29, 1.82) is 0 Å². The van der Waals surface area contributed by atoms with Crippen molar-refractivity contribution in [3.63, 3.8) is 0 Å². The van der Waals surface area contributed by atoms with Crippen LogP contribution in [0.4, 0.5) is 4.79 Å². The van der Waals surface area contributed by atoms with Gasteiger partial charge in [0.2, 0.25) is 0 Å². The molecule has 1 spiro atoms. The van der Waals surface area contributed by atoms with Crippen LogP contribution in [0.5, 0.6) is 0 Å². The van der Waals surface area contributed by atoms with Gasteiger partial charge in [-0.1, -0.05) is 42.5 Å². The number of carbonyl (C=O) groups is 2. The first-order valence-corrected chi connectivity index (χ1v) is 10.7. The maximum atomic E-state index is 13.0. The molecule has 0 N–H and O–H groups in total. The van der Waals surface area contributed by atoms with Crippen molar-refractivity contribution >= 4 is 12.1 Å². The molecule has 3 unspecified atom stereocenters. The van der Waals surface area contributed by atoms with Crippen LogP contribution in [0.3, 0.4) is 0 Å². The second-order valence-electron chi connectivity index (χ2n) is 8.44. The summed E-state index contributed by atoms with van der Waals surface area (Å²) in [4.78, 5) is 26.7. The van der Waals surface area contributed by atoms with Crippen LogP contribution in [0.1, 0.15) is 53.2 Å². The number of likely N-dealkylation sites (tertiary alicyclic amines) is 1. The van der Waals surface area contributed by atoms with Gasteiger partial charge >= 0.3 is 12.1 Å². The number of benzene rings is 2. The van der Waals surface area contributed by atoms with E-state index >= 15 is 0 Å². The summed E-state index contributed by atoms with van der Waals surface area (Å²) >= 11 is 0. The van der Waals surface area contributed by atoms with Crippen LogP contribution < -0.4 is 0 Å². The third-order valence-electron chi connectivity index (χ3n) is 6.85. The number of nitrogens with zero attached hydrogens (tertiary/aromatic N) is 1. The number of amides is 1. The SMILES string of the molecule is COC(=O)c1ccc(C2CC3(CCC3OC)CCN2C(=O)OCc2ccccc2)cc1. The van der Waals surface area contributed by atoms with Crippen molar-refractivity contribution in [3.05, 3.63) is 71.3 Å². The van der Waals surface area contributed by atoms with Crippen LogP contribution in [0.15, 0.2) is 54.6 Å². The first-order valence-electron chi connectivity index (χ1n) is 10.7. The van der Waals surface area contributed by atoms with Crippen molar-refractivity contribution in [2.24, 2.45) is 5.41 Å². The molecule has 6 nitrogen and oxygen atoms in total. The Bertz CT molecular complexity index is 911. The summed E-state index contributed by atoms with van der Waals surface area (Å²) in [6.45, 7) is 0.868. The quantitative estimate of drug-likeness (QED) is 0.650. The highest BCUT2D eigenvalue weighted by Gasteiger charge is 2.52. The number of piperidine rings is 1. The zero-order chi connectivity index (χ0) is 21.8. The minimum Gasteiger partial charge on any atom is -0.465 e. The summed E-state index contributed by atoms with van der Waals surface area (Å²) in [5.41, 5.74) is 2.54. The van der Waals surface area contributed by atoms with E-state index in [0.29, 0.717) is 12.1 Å². The minimum atomic E-state index is -0.371. The molecule has 0 bridgehead atoms. The maximum absolute atomic E-state index is 13.0. The number of carbonyl (C=O) groups excluding carboxylic acids is 2. The van der Waals surface area contributed by atoms with E-state index in [1.54, 1.807) is 19.2 Å². The maximum Gasteiger partial charge on any atom is 0.410 e. The summed E-state index contributed by atoms with van der Waals surface area (Å²) in [5.74, 6) is -0.371. The predicted octanol–water partition coefficient (Wildman–Crippen LogP) is 4.74. The Morgan fingerprint density at radius 2 is 1.77 bits per heavy atom. The summed E-state index contributed by atoms with van der Waals surface area (Å²) in [6.07, 6.45) is 3.81. The van der Waals surface area contributed by atoms with Gasteiger partial charge in [0.25, 0.3) is 0 Å². The van der Waals surface area contributed by atoms with E-state index in [1.807, 2.05) is 47.4 Å². The molecule has 1 aliphatic carbocycles. The molecule has 164 valence electrons. The molecule has 1 aliphatic heterocycles. The number of ether oxygens (including phenoxy) is 3. The van der Waals surface area contributed by atoms with E-state index in [-0.39, 0.29) is 36.2 Å². The Morgan fingerprint density at radius 3 is 2.39 bits per heavy atom. The number of rotatable bonds is 5. The Hall–Kier alpha value is -2.86. The molecule has 6 heteroatoms. The smallest absolute Gasteiger partial charge is 0.410 e. The van der Waals surface area contributed by atoms with Crippen molar-refractivity contribution in [3.8, 4) is 0 Å². The number of methoxy groups -OCH3 is 2. The first-order chi connectivity index (χ1) is 15.1. The lowest BCUT2D eigenvalue weighted by molar-refractivity contribution is -0.130. The monoisotopic (exact) mass is 423 g/mol. The van der Waals surface area contributed by atoms with Crippen LogP contribution in [-0.2, 0) is 20.8 Å². The second kappa shape index (κ2) is 9.10. The molecule has 0 aromatic heterocycles. The third kappa shape index (κ3) is 4.30. The Labute approximate surface area is 183 Å². The normalized spacial score (nSPS) is 25.0. The second-order valence-corrected chi connectivity index (χ2v) is 8.44. The molecule has 1 saturated carbocycles. The fourth-order valence-electron chi connectivity index (χ4n) is 4.93. The van der Waals surface area contributed by atoms with Gasteiger partial charge < -0.3 is 19.1 Å². The van der Waals surface area contributed by atoms with Gasteiger partial charge in [-0.05, 0) is 48.9 Å². The molecule has 3 atom stereocenters. The topological polar surface area (TPSA) is 65.1 Å². The summed E-state index contributed by atoms with van der Waals surface area (Å²) in [6, 6.07) is 16.9. The highest BCUT2D eigenvalue weighted by Crippen LogP contribution is 2.55. The van der Waals surface area contributed by atoms with Crippen LogP contribution >= 0.6 is 0 Å². The highest BCUT2D eigenvalue weighted by molar-refractivity contribution is 5.89. The third-order valence-corrected chi connectivity index (χ3v) is 6.85. The van der Waals surface area contributed by atoms with E-state index in [2.05, 4.69) is 0 Å². The van der Waals surface area contributed by atoms with Crippen LogP contribution in [0.25, 0.3) is 0 Å². The highest BCUT2D eigenvalue weighted by atomic mass is 16.6. The van der Waals surface area contributed by atoms with Crippen LogP contribution in [-0.4, -0.2) is 43.8 Å². The minimum absolute atomic E-state index is 0.0939. The fraction of sp³-hybridized carbons (Fsp3) is 0.440. The summed E-state index contributed by atoms with van der Waals surface area (Å²) < 4.78 is 16.2. The van der Waals surface area contributed by atoms with Crippen molar-refractivity contribution < 1.29 is 23.8 Å². The zero-order valence-corrected chi connectivity index (χ0v) is 18.1. The van der Waals surface area contributed by atoms with Crippen molar-refractivity contribution in [1.82, 2.24) is 4.90 Å². The molecule has 2 aliphatic rings. The van der Waals surface area contributed by atoms with Crippen LogP contribution in [0, 0.1) is 5.41 Å². The average Bonchev–Trinajstić information content (AvgIpc) is 2.82. The fourth-order valence-corrected chi connectivity index (χ4v) is 4.93. The first kappa shape index (κ1) is 21.4. The molecule has 2 aromatic rings. The van der Waals surface area contributed by atoms with Gasteiger partial charge in [0, 0.05) is 19.1 Å². The Kier molecular flexibility index (Phi) is 6.28. The standard InChI is InChI=1S/C25H29NO5/c1-29-22-12-13-25(22)14-15-26(24(28)31-17-18-6-4-3-5-7-18)21(16-25)19-8-10-20(11-9-19)23(27)30-2/h3-11,21-22H,12-17H2,1-2H3. The van der Waals surface area contributed by atoms with E-state index in [0.717, 1.165) is 36.8 Å². The molecule has 1 heterocycles. The summed E-state index contributed by atoms with van der Waals surface area (Å²) in [5, 5.41) is 0. The molecule has 1 amide bonds. The van der Waals surface area contributed by atoms with E-state index in [4.69, 9.17) is 14.2 Å². The molecule has 2 fully saturated rings. The average molecular weight is 424 g/mol. The summed E-state index contributed by atoms with van der Waals surface area (Å²) in [7, 11) is 3.14. The van der Waals surface area contributed by atoms with Gasteiger partial charge in [-0.2, -0.15) is 0 Å². The molecule has 2 aromatic carbocycles. The lowest BCUT2D eigenvalue weighted by Crippen LogP contribution is -2.55. The van der Waals surface area contributed by atoms with Gasteiger partial charge in [0.1, 0.15) is 6.61 Å². The van der Waals surface area contributed by atoms with E-state index in [9.17, 15) is 9.59 Å². The lowest BCUT2D eigenvalue weighted by atomic mass is 9.58. The number of esters is 1. The van der Waals surface area contributed by atoms with Gasteiger partial charge in [-0.15, -0.1) is 0 Å².